The van der Waals surface area contributed by atoms with Crippen LogP contribution in [0.2, 0.25) is 5.02 Å². The highest BCUT2D eigenvalue weighted by molar-refractivity contribution is 7.17. The van der Waals surface area contributed by atoms with E-state index in [1.807, 2.05) is 5.38 Å². The topological polar surface area (TPSA) is 12.9 Å². The first-order valence-corrected chi connectivity index (χ1v) is 4.03. The van der Waals surface area contributed by atoms with Gasteiger partial charge in [0.15, 0.2) is 0 Å². The standard InChI is InChI=1S/C7H3ClNS/c8-5-1-3-9-6-2-4-10-7(5)6/h1,3-4H. The van der Waals surface area contributed by atoms with Gasteiger partial charge in [-0.3, -0.25) is 4.98 Å². The van der Waals surface area contributed by atoms with Crippen molar-refractivity contribution in [1.29, 1.82) is 0 Å². The second-order valence-electron chi connectivity index (χ2n) is 1.85. The number of rotatable bonds is 0. The van der Waals surface area contributed by atoms with Crippen molar-refractivity contribution < 1.29 is 0 Å². The first kappa shape index (κ1) is 6.13. The summed E-state index contributed by atoms with van der Waals surface area (Å²) in [5.74, 6) is 0. The Morgan fingerprint density at radius 2 is 2.50 bits per heavy atom. The fraction of sp³-hybridized carbons (Fsp3) is 0. The van der Waals surface area contributed by atoms with Gasteiger partial charge in [-0.15, -0.1) is 11.3 Å². The maximum Gasteiger partial charge on any atom is 0.0904 e. The number of nitrogens with zero attached hydrogens (tertiary/aromatic N) is 1. The van der Waals surface area contributed by atoms with Crippen LogP contribution in [-0.4, -0.2) is 4.98 Å². The Bertz CT molecular complexity index is 355. The molecule has 0 atom stereocenters. The summed E-state index contributed by atoms with van der Waals surface area (Å²) in [5.41, 5.74) is 0.859. The fourth-order valence-corrected chi connectivity index (χ4v) is 1.76. The number of halogens is 1. The van der Waals surface area contributed by atoms with E-state index < -0.39 is 0 Å². The van der Waals surface area contributed by atoms with E-state index in [0.29, 0.717) is 0 Å². The zero-order valence-electron chi connectivity index (χ0n) is 4.97. The number of hydrogen-bond acceptors (Lipinski definition) is 2. The van der Waals surface area contributed by atoms with E-state index in [-0.39, 0.29) is 0 Å². The van der Waals surface area contributed by atoms with E-state index in [2.05, 4.69) is 11.1 Å². The monoisotopic (exact) mass is 168 g/mol. The number of pyridine rings is 1. The van der Waals surface area contributed by atoms with Gasteiger partial charge in [0, 0.05) is 17.6 Å². The van der Waals surface area contributed by atoms with Crippen LogP contribution in [0.15, 0.2) is 17.6 Å². The summed E-state index contributed by atoms with van der Waals surface area (Å²) in [6, 6.07) is 4.77. The minimum atomic E-state index is 0.760. The highest BCUT2D eigenvalue weighted by Crippen LogP contribution is 2.25. The molecule has 0 fully saturated rings. The molecule has 0 aliphatic rings. The van der Waals surface area contributed by atoms with Gasteiger partial charge in [0.25, 0.3) is 0 Å². The van der Waals surface area contributed by atoms with Crippen molar-refractivity contribution in [2.75, 3.05) is 0 Å². The Balaban J connectivity index is 2.95. The van der Waals surface area contributed by atoms with Gasteiger partial charge < -0.3 is 0 Å². The van der Waals surface area contributed by atoms with Crippen LogP contribution in [0.1, 0.15) is 0 Å². The normalized spacial score (nSPS) is 10.5. The van der Waals surface area contributed by atoms with Gasteiger partial charge in [-0.1, -0.05) is 11.6 Å². The minimum absolute atomic E-state index is 0.760. The average Bonchev–Trinajstić information content (AvgIpc) is 2.36. The van der Waals surface area contributed by atoms with Gasteiger partial charge in [0.1, 0.15) is 0 Å². The molecule has 0 bridgehead atoms. The molecule has 10 heavy (non-hydrogen) atoms. The third-order valence-corrected chi connectivity index (χ3v) is 2.54. The zero-order chi connectivity index (χ0) is 6.97. The maximum atomic E-state index is 5.85. The molecule has 0 aliphatic carbocycles. The minimum Gasteiger partial charge on any atom is -0.255 e. The van der Waals surface area contributed by atoms with Crippen molar-refractivity contribution >= 4 is 33.2 Å². The maximum absolute atomic E-state index is 5.85. The molecule has 2 heterocycles. The average molecular weight is 169 g/mol. The van der Waals surface area contributed by atoms with E-state index in [4.69, 9.17) is 11.6 Å². The third-order valence-electron chi connectivity index (χ3n) is 1.23. The van der Waals surface area contributed by atoms with Crippen LogP contribution in [-0.2, 0) is 0 Å². The molecule has 3 heteroatoms. The van der Waals surface area contributed by atoms with E-state index in [1.165, 1.54) is 0 Å². The molecule has 0 saturated heterocycles. The molecule has 1 radical (unpaired) electrons. The summed E-state index contributed by atoms with van der Waals surface area (Å²) >= 11 is 7.41. The molecular weight excluding hydrogens is 166 g/mol. The van der Waals surface area contributed by atoms with Gasteiger partial charge in [-0.05, 0) is 6.07 Å². The molecule has 0 aliphatic heterocycles. The molecule has 2 rings (SSSR count). The van der Waals surface area contributed by atoms with E-state index >= 15 is 0 Å². The Morgan fingerprint density at radius 3 is 3.30 bits per heavy atom. The van der Waals surface area contributed by atoms with Crippen molar-refractivity contribution in [2.24, 2.45) is 0 Å². The summed E-state index contributed by atoms with van der Waals surface area (Å²) in [4.78, 5) is 4.07. The van der Waals surface area contributed by atoms with Crippen LogP contribution in [0.25, 0.3) is 10.2 Å². The molecule has 0 amide bonds. The van der Waals surface area contributed by atoms with Crippen molar-refractivity contribution in [2.45, 2.75) is 0 Å². The van der Waals surface area contributed by atoms with Gasteiger partial charge in [-0.2, -0.15) is 0 Å². The van der Waals surface area contributed by atoms with Crippen molar-refractivity contribution in [1.82, 2.24) is 4.98 Å². The van der Waals surface area contributed by atoms with Crippen LogP contribution in [0.5, 0.6) is 0 Å². The Kier molecular flexibility index (Phi) is 1.36. The second-order valence-corrected chi connectivity index (χ2v) is 3.14. The summed E-state index contributed by atoms with van der Waals surface area (Å²) in [6.45, 7) is 0. The van der Waals surface area contributed by atoms with E-state index in [9.17, 15) is 0 Å². The lowest BCUT2D eigenvalue weighted by Crippen LogP contribution is -1.70. The van der Waals surface area contributed by atoms with Crippen molar-refractivity contribution in [3.8, 4) is 0 Å². The van der Waals surface area contributed by atoms with Gasteiger partial charge in [0.2, 0.25) is 0 Å². The lowest BCUT2D eigenvalue weighted by atomic mass is 10.4. The SMILES string of the molecule is Clc1ccnc2[c]csc12. The van der Waals surface area contributed by atoms with Gasteiger partial charge >= 0.3 is 0 Å². The van der Waals surface area contributed by atoms with E-state index in [0.717, 1.165) is 15.2 Å². The predicted octanol–water partition coefficient (Wildman–Crippen LogP) is 2.75. The summed E-state index contributed by atoms with van der Waals surface area (Å²) in [6.07, 6.45) is 1.69. The Labute approximate surface area is 67.3 Å². The highest BCUT2D eigenvalue weighted by atomic mass is 35.5. The van der Waals surface area contributed by atoms with Crippen LogP contribution in [0, 0.1) is 6.07 Å². The highest BCUT2D eigenvalue weighted by Gasteiger charge is 1.98. The molecule has 0 aromatic carbocycles. The number of aromatic nitrogens is 1. The molecule has 0 spiro atoms. The third kappa shape index (κ3) is 0.805. The van der Waals surface area contributed by atoms with Crippen LogP contribution >= 0.6 is 22.9 Å². The first-order chi connectivity index (χ1) is 4.88. The molecular formula is C7H3ClNS. The van der Waals surface area contributed by atoms with Gasteiger partial charge in [-0.25, -0.2) is 0 Å². The fourth-order valence-electron chi connectivity index (χ4n) is 0.784. The second kappa shape index (κ2) is 2.22. The molecule has 0 N–H and O–H groups in total. The Morgan fingerprint density at radius 1 is 1.60 bits per heavy atom. The summed E-state index contributed by atoms with van der Waals surface area (Å²) in [7, 11) is 0. The lowest BCUT2D eigenvalue weighted by molar-refractivity contribution is 1.43. The van der Waals surface area contributed by atoms with Crippen LogP contribution < -0.4 is 0 Å². The van der Waals surface area contributed by atoms with Crippen molar-refractivity contribution in [3.63, 3.8) is 0 Å². The Hall–Kier alpha value is -0.600. The van der Waals surface area contributed by atoms with Crippen LogP contribution in [0.3, 0.4) is 0 Å². The molecule has 2 aromatic rings. The first-order valence-electron chi connectivity index (χ1n) is 2.77. The van der Waals surface area contributed by atoms with Crippen LogP contribution in [0.4, 0.5) is 0 Å². The molecule has 0 unspecified atom stereocenters. The zero-order valence-corrected chi connectivity index (χ0v) is 6.54. The molecule has 1 nitrogen and oxygen atoms in total. The van der Waals surface area contributed by atoms with Gasteiger partial charge in [0.05, 0.1) is 15.2 Å². The number of thiophene rings is 1. The lowest BCUT2D eigenvalue weighted by Gasteiger charge is -1.88. The molecule has 0 saturated carbocycles. The largest absolute Gasteiger partial charge is 0.255 e. The quantitative estimate of drug-likeness (QED) is 0.590. The summed E-state index contributed by atoms with van der Waals surface area (Å²) in [5, 5.41) is 2.63. The smallest absolute Gasteiger partial charge is 0.0904 e. The number of fused-ring (bicyclic) bond motifs is 1. The van der Waals surface area contributed by atoms with Crippen molar-refractivity contribution in [3.05, 3.63) is 28.7 Å². The summed E-state index contributed by atoms with van der Waals surface area (Å²) < 4.78 is 1.02. The predicted molar refractivity (Wildman–Crippen MR) is 43.5 cm³/mol. The number of hydrogen-bond donors (Lipinski definition) is 0. The molecule has 2 aromatic heterocycles. The van der Waals surface area contributed by atoms with E-state index in [1.54, 1.807) is 23.6 Å². The molecule has 49 valence electrons.